The molecule has 2 rings (SSSR count). The fourth-order valence-corrected chi connectivity index (χ4v) is 3.02. The predicted octanol–water partition coefficient (Wildman–Crippen LogP) is 2.32. The zero-order valence-corrected chi connectivity index (χ0v) is 13.9. The van der Waals surface area contributed by atoms with E-state index in [-0.39, 0.29) is 19.4 Å². The minimum atomic E-state index is -1.29. The molecule has 0 aromatic heterocycles. The highest BCUT2D eigenvalue weighted by Crippen LogP contribution is 2.27. The Balaban J connectivity index is 2.14. The standard InChI is InChI=1S/C17H18O5S/c1-3-22-17(21)11-8-13(18)15(14(19)9-11)16(20)10-4-6-12(23-2)7-5-10/h4-7,11,15H,3,8-9H2,1-2H3. The molecule has 23 heavy (non-hydrogen) atoms. The van der Waals surface area contributed by atoms with Crippen molar-refractivity contribution in [1.29, 1.82) is 0 Å². The van der Waals surface area contributed by atoms with Crippen molar-refractivity contribution < 1.29 is 23.9 Å². The lowest BCUT2D eigenvalue weighted by Crippen LogP contribution is -2.41. The molecule has 0 N–H and O–H groups in total. The monoisotopic (exact) mass is 334 g/mol. The number of benzene rings is 1. The van der Waals surface area contributed by atoms with Gasteiger partial charge in [-0.1, -0.05) is 12.1 Å². The normalized spacial score (nSPS) is 21.1. The second kappa shape index (κ2) is 7.55. The van der Waals surface area contributed by atoms with Gasteiger partial charge in [-0.15, -0.1) is 11.8 Å². The third kappa shape index (κ3) is 3.88. The quantitative estimate of drug-likeness (QED) is 0.356. The van der Waals surface area contributed by atoms with Gasteiger partial charge in [0.2, 0.25) is 0 Å². The van der Waals surface area contributed by atoms with Crippen LogP contribution >= 0.6 is 11.8 Å². The summed E-state index contributed by atoms with van der Waals surface area (Å²) in [7, 11) is 0. The van der Waals surface area contributed by atoms with Crippen LogP contribution in [0.3, 0.4) is 0 Å². The molecule has 0 heterocycles. The summed E-state index contributed by atoms with van der Waals surface area (Å²) >= 11 is 1.54. The molecule has 1 aliphatic rings. The van der Waals surface area contributed by atoms with Crippen molar-refractivity contribution in [1.82, 2.24) is 0 Å². The Morgan fingerprint density at radius 3 is 2.17 bits per heavy atom. The molecule has 1 saturated carbocycles. The summed E-state index contributed by atoms with van der Waals surface area (Å²) in [5.41, 5.74) is 0.337. The summed E-state index contributed by atoms with van der Waals surface area (Å²) in [5.74, 6) is -4.10. The van der Waals surface area contributed by atoms with Crippen molar-refractivity contribution in [2.75, 3.05) is 12.9 Å². The summed E-state index contributed by atoms with van der Waals surface area (Å²) in [5, 5.41) is 0. The number of carbonyl (C=O) groups excluding carboxylic acids is 4. The van der Waals surface area contributed by atoms with E-state index in [0.717, 1.165) is 4.90 Å². The Morgan fingerprint density at radius 2 is 1.70 bits per heavy atom. The Hall–Kier alpha value is -1.95. The summed E-state index contributed by atoms with van der Waals surface area (Å²) in [6, 6.07) is 6.78. The smallest absolute Gasteiger partial charge is 0.309 e. The first-order valence-corrected chi connectivity index (χ1v) is 8.60. The fourth-order valence-electron chi connectivity index (χ4n) is 2.61. The molecule has 0 atom stereocenters. The van der Waals surface area contributed by atoms with Crippen LogP contribution in [0.1, 0.15) is 30.1 Å². The van der Waals surface area contributed by atoms with E-state index in [2.05, 4.69) is 0 Å². The maximum atomic E-state index is 12.5. The van der Waals surface area contributed by atoms with Crippen LogP contribution in [0, 0.1) is 11.8 Å². The molecule has 1 aliphatic carbocycles. The molecular formula is C17H18O5S. The van der Waals surface area contributed by atoms with Crippen LogP contribution in [-0.2, 0) is 19.1 Å². The highest BCUT2D eigenvalue weighted by Gasteiger charge is 2.43. The Bertz CT molecular complexity index is 617. The molecule has 6 heteroatoms. The molecule has 1 aromatic carbocycles. The highest BCUT2D eigenvalue weighted by atomic mass is 32.2. The molecular weight excluding hydrogens is 316 g/mol. The first-order chi connectivity index (χ1) is 11.0. The zero-order valence-electron chi connectivity index (χ0n) is 13.0. The van der Waals surface area contributed by atoms with E-state index in [1.807, 2.05) is 6.26 Å². The first kappa shape index (κ1) is 17.4. The summed E-state index contributed by atoms with van der Waals surface area (Å²) in [6.07, 6.45) is 1.67. The van der Waals surface area contributed by atoms with Gasteiger partial charge in [0.25, 0.3) is 0 Å². The lowest BCUT2D eigenvalue weighted by molar-refractivity contribution is -0.154. The SMILES string of the molecule is CCOC(=O)C1CC(=O)C(C(=O)c2ccc(SC)cc2)C(=O)C1. The molecule has 0 aliphatic heterocycles. The van der Waals surface area contributed by atoms with Gasteiger partial charge in [-0.25, -0.2) is 0 Å². The third-order valence-electron chi connectivity index (χ3n) is 3.80. The lowest BCUT2D eigenvalue weighted by Gasteiger charge is -2.24. The number of carbonyl (C=O) groups is 4. The molecule has 122 valence electrons. The molecule has 0 amide bonds. The van der Waals surface area contributed by atoms with Gasteiger partial charge in [0.1, 0.15) is 5.92 Å². The van der Waals surface area contributed by atoms with Crippen LogP contribution in [0.5, 0.6) is 0 Å². The predicted molar refractivity (Wildman–Crippen MR) is 85.4 cm³/mol. The molecule has 0 saturated heterocycles. The van der Waals surface area contributed by atoms with E-state index in [4.69, 9.17) is 4.74 Å². The van der Waals surface area contributed by atoms with Crippen LogP contribution < -0.4 is 0 Å². The highest BCUT2D eigenvalue weighted by molar-refractivity contribution is 7.98. The van der Waals surface area contributed by atoms with Gasteiger partial charge in [0.05, 0.1) is 12.5 Å². The maximum absolute atomic E-state index is 12.5. The van der Waals surface area contributed by atoms with Gasteiger partial charge in [0, 0.05) is 23.3 Å². The van der Waals surface area contributed by atoms with Crippen molar-refractivity contribution in [2.45, 2.75) is 24.7 Å². The molecule has 0 radical (unpaired) electrons. The van der Waals surface area contributed by atoms with Gasteiger partial charge >= 0.3 is 5.97 Å². The van der Waals surface area contributed by atoms with Crippen LogP contribution in [0.25, 0.3) is 0 Å². The topological polar surface area (TPSA) is 77.5 Å². The van der Waals surface area contributed by atoms with Crippen LogP contribution in [0.15, 0.2) is 29.2 Å². The van der Waals surface area contributed by atoms with Crippen LogP contribution in [0.4, 0.5) is 0 Å². The number of Topliss-reactive ketones (excluding diaryl/α,β-unsaturated/α-hetero) is 3. The van der Waals surface area contributed by atoms with Crippen molar-refractivity contribution in [3.63, 3.8) is 0 Å². The first-order valence-electron chi connectivity index (χ1n) is 7.38. The fraction of sp³-hybridized carbons (Fsp3) is 0.412. The second-order valence-electron chi connectivity index (χ2n) is 5.32. The largest absolute Gasteiger partial charge is 0.466 e. The van der Waals surface area contributed by atoms with E-state index < -0.39 is 35.2 Å². The molecule has 1 aromatic rings. The average Bonchev–Trinajstić information content (AvgIpc) is 2.54. The number of ether oxygens (including phenoxy) is 1. The Morgan fingerprint density at radius 1 is 1.13 bits per heavy atom. The van der Waals surface area contributed by atoms with Gasteiger partial charge in [-0.05, 0) is 25.3 Å². The molecule has 0 bridgehead atoms. The van der Waals surface area contributed by atoms with E-state index >= 15 is 0 Å². The van der Waals surface area contributed by atoms with Gasteiger partial charge in [-0.3, -0.25) is 19.2 Å². The second-order valence-corrected chi connectivity index (χ2v) is 6.20. The van der Waals surface area contributed by atoms with Crippen molar-refractivity contribution in [2.24, 2.45) is 11.8 Å². The number of hydrogen-bond acceptors (Lipinski definition) is 6. The summed E-state index contributed by atoms with van der Waals surface area (Å²) in [4.78, 5) is 49.6. The third-order valence-corrected chi connectivity index (χ3v) is 4.54. The van der Waals surface area contributed by atoms with Gasteiger partial charge < -0.3 is 4.74 Å². The number of rotatable bonds is 5. The van der Waals surface area contributed by atoms with E-state index in [1.165, 1.54) is 11.8 Å². The molecule has 1 fully saturated rings. The van der Waals surface area contributed by atoms with Crippen molar-refractivity contribution in [3.8, 4) is 0 Å². The summed E-state index contributed by atoms with van der Waals surface area (Å²) < 4.78 is 4.85. The van der Waals surface area contributed by atoms with Crippen molar-refractivity contribution >= 4 is 35.1 Å². The summed E-state index contributed by atoms with van der Waals surface area (Å²) in [6.45, 7) is 1.86. The van der Waals surface area contributed by atoms with E-state index in [9.17, 15) is 19.2 Å². The molecule has 0 unspecified atom stereocenters. The van der Waals surface area contributed by atoms with Crippen LogP contribution in [-0.4, -0.2) is 36.2 Å². The van der Waals surface area contributed by atoms with Gasteiger partial charge in [0.15, 0.2) is 17.3 Å². The minimum absolute atomic E-state index is 0.121. The Labute approximate surface area is 138 Å². The molecule has 5 nitrogen and oxygen atoms in total. The van der Waals surface area contributed by atoms with E-state index in [0.29, 0.717) is 5.56 Å². The average molecular weight is 334 g/mol. The minimum Gasteiger partial charge on any atom is -0.466 e. The van der Waals surface area contributed by atoms with Gasteiger partial charge in [-0.2, -0.15) is 0 Å². The zero-order chi connectivity index (χ0) is 17.0. The maximum Gasteiger partial charge on any atom is 0.309 e. The van der Waals surface area contributed by atoms with Crippen LogP contribution in [0.2, 0.25) is 0 Å². The number of ketones is 3. The number of esters is 1. The number of hydrogen-bond donors (Lipinski definition) is 0. The van der Waals surface area contributed by atoms with Crippen molar-refractivity contribution in [3.05, 3.63) is 29.8 Å². The number of thioether (sulfide) groups is 1. The molecule has 0 spiro atoms. The van der Waals surface area contributed by atoms with E-state index in [1.54, 1.807) is 31.2 Å². The Kier molecular flexibility index (Phi) is 5.71. The lowest BCUT2D eigenvalue weighted by atomic mass is 9.76.